The number of carboxylic acid groups (broad SMARTS) is 2. The van der Waals surface area contributed by atoms with Crippen LogP contribution >= 0.6 is 11.3 Å². The summed E-state index contributed by atoms with van der Waals surface area (Å²) in [5, 5.41) is 15.6. The SMILES string of the molecule is NC(=O)c1sc2c(c1C(N)=O)CCCC2.N[C@H](C(=O)O)c1ccccc1.O=C(O)C(F)(F)F. The molecule has 1 atom stereocenters. The van der Waals surface area contributed by atoms with Gasteiger partial charge in [0.1, 0.15) is 10.9 Å². The molecule has 2 aromatic rings. The Morgan fingerprint density at radius 3 is 1.88 bits per heavy atom. The molecule has 0 saturated carbocycles. The highest BCUT2D eigenvalue weighted by Crippen LogP contribution is 2.33. The van der Waals surface area contributed by atoms with Gasteiger partial charge in [0.05, 0.1) is 5.56 Å². The van der Waals surface area contributed by atoms with E-state index in [-0.39, 0.29) is 0 Å². The van der Waals surface area contributed by atoms with E-state index in [0.29, 0.717) is 16.0 Å². The number of rotatable bonds is 4. The van der Waals surface area contributed by atoms with Crippen LogP contribution in [0, 0.1) is 0 Å². The molecule has 2 amide bonds. The first-order valence-corrected chi connectivity index (χ1v) is 10.2. The van der Waals surface area contributed by atoms with Crippen LogP contribution in [-0.4, -0.2) is 40.1 Å². The number of aryl methyl sites for hydroxylation is 1. The molecule has 9 nitrogen and oxygen atoms in total. The van der Waals surface area contributed by atoms with Crippen molar-refractivity contribution in [2.45, 2.75) is 37.9 Å². The summed E-state index contributed by atoms with van der Waals surface area (Å²) in [6, 6.07) is 7.82. The molecule has 0 fully saturated rings. The Bertz CT molecular complexity index is 1010. The Morgan fingerprint density at radius 2 is 1.45 bits per heavy atom. The van der Waals surface area contributed by atoms with Crippen LogP contribution in [-0.2, 0) is 22.4 Å². The molecule has 33 heavy (non-hydrogen) atoms. The molecular formula is C20H22F3N3O6S. The summed E-state index contributed by atoms with van der Waals surface area (Å²) in [7, 11) is 0. The molecule has 0 saturated heterocycles. The van der Waals surface area contributed by atoms with E-state index in [1.165, 1.54) is 11.3 Å². The van der Waals surface area contributed by atoms with Gasteiger partial charge in [0.15, 0.2) is 0 Å². The molecule has 1 aromatic heterocycles. The van der Waals surface area contributed by atoms with E-state index in [4.69, 9.17) is 32.2 Å². The fourth-order valence-electron chi connectivity index (χ4n) is 2.80. The second kappa shape index (κ2) is 12.0. The average Bonchev–Trinajstić information content (AvgIpc) is 3.14. The number of thiophene rings is 1. The lowest BCUT2D eigenvalue weighted by molar-refractivity contribution is -0.192. The van der Waals surface area contributed by atoms with Gasteiger partial charge in [-0.3, -0.25) is 14.4 Å². The van der Waals surface area contributed by atoms with E-state index in [9.17, 15) is 27.6 Å². The second-order valence-corrected chi connectivity index (χ2v) is 7.78. The highest BCUT2D eigenvalue weighted by atomic mass is 32.1. The maximum atomic E-state index is 11.3. The molecule has 0 bridgehead atoms. The van der Waals surface area contributed by atoms with E-state index in [2.05, 4.69) is 0 Å². The fraction of sp³-hybridized carbons (Fsp3) is 0.300. The minimum atomic E-state index is -5.08. The molecule has 1 aromatic carbocycles. The predicted octanol–water partition coefficient (Wildman–Crippen LogP) is 2.23. The number of amides is 2. The number of alkyl halides is 3. The smallest absolute Gasteiger partial charge is 0.480 e. The summed E-state index contributed by atoms with van der Waals surface area (Å²) < 4.78 is 31.7. The molecule has 0 spiro atoms. The summed E-state index contributed by atoms with van der Waals surface area (Å²) in [4.78, 5) is 43.1. The lowest BCUT2D eigenvalue weighted by Crippen LogP contribution is -2.21. The molecule has 8 N–H and O–H groups in total. The van der Waals surface area contributed by atoms with Gasteiger partial charge in [-0.15, -0.1) is 11.3 Å². The zero-order chi connectivity index (χ0) is 25.3. The average molecular weight is 489 g/mol. The van der Waals surface area contributed by atoms with Gasteiger partial charge in [0.25, 0.3) is 11.8 Å². The van der Waals surface area contributed by atoms with Gasteiger partial charge in [0, 0.05) is 4.88 Å². The number of benzene rings is 1. The minimum Gasteiger partial charge on any atom is -0.480 e. The molecular weight excluding hydrogens is 467 g/mol. The topological polar surface area (TPSA) is 187 Å². The van der Waals surface area contributed by atoms with Gasteiger partial charge in [-0.05, 0) is 36.8 Å². The van der Waals surface area contributed by atoms with Crippen LogP contribution in [0.2, 0.25) is 0 Å². The summed E-state index contributed by atoms with van der Waals surface area (Å²) >= 11 is 1.32. The number of carbonyl (C=O) groups is 4. The van der Waals surface area contributed by atoms with Gasteiger partial charge in [-0.25, -0.2) is 4.79 Å². The number of fused-ring (bicyclic) bond motifs is 1. The molecule has 180 valence electrons. The van der Waals surface area contributed by atoms with Crippen molar-refractivity contribution >= 4 is 35.1 Å². The predicted molar refractivity (Wildman–Crippen MR) is 113 cm³/mol. The summed E-state index contributed by atoms with van der Waals surface area (Å²) in [6.45, 7) is 0. The van der Waals surface area contributed by atoms with Crippen molar-refractivity contribution in [1.82, 2.24) is 0 Å². The zero-order valence-corrected chi connectivity index (χ0v) is 17.9. The molecule has 1 aliphatic carbocycles. The van der Waals surface area contributed by atoms with Crippen molar-refractivity contribution in [3.05, 3.63) is 56.8 Å². The first-order chi connectivity index (χ1) is 15.3. The van der Waals surface area contributed by atoms with E-state index >= 15 is 0 Å². The highest BCUT2D eigenvalue weighted by Gasteiger charge is 2.38. The number of carbonyl (C=O) groups excluding carboxylic acids is 2. The van der Waals surface area contributed by atoms with Crippen LogP contribution in [0.3, 0.4) is 0 Å². The van der Waals surface area contributed by atoms with Crippen LogP contribution in [0.4, 0.5) is 13.2 Å². The van der Waals surface area contributed by atoms with E-state index < -0.39 is 36.0 Å². The highest BCUT2D eigenvalue weighted by molar-refractivity contribution is 7.14. The lowest BCUT2D eigenvalue weighted by atomic mass is 9.94. The van der Waals surface area contributed by atoms with Gasteiger partial charge in [0.2, 0.25) is 0 Å². The number of halogens is 3. The van der Waals surface area contributed by atoms with Crippen LogP contribution in [0.1, 0.15) is 54.9 Å². The minimum absolute atomic E-state index is 0.328. The first kappa shape index (κ1) is 27.6. The Labute approximate surface area is 190 Å². The molecule has 1 heterocycles. The first-order valence-electron chi connectivity index (χ1n) is 9.34. The number of hydrogen-bond acceptors (Lipinski definition) is 6. The molecule has 1 aliphatic rings. The van der Waals surface area contributed by atoms with Gasteiger partial charge >= 0.3 is 18.1 Å². The van der Waals surface area contributed by atoms with E-state index in [0.717, 1.165) is 36.1 Å². The number of primary amides is 2. The number of aliphatic carboxylic acids is 2. The maximum absolute atomic E-state index is 11.3. The monoisotopic (exact) mass is 489 g/mol. The van der Waals surface area contributed by atoms with Crippen LogP contribution in [0.25, 0.3) is 0 Å². The standard InChI is InChI=1S/C10H12N2O2S.C8H9NO2.C2HF3O2/c11-9(13)7-5-3-1-2-4-6(5)15-8(7)10(12)14;9-7(8(10)11)6-4-2-1-3-5-6;3-2(4,5)1(6)7/h1-4H2,(H2,11,13)(H2,12,14);1-5,7H,9H2,(H,10,11);(H,6,7)/t;7-;/m.0./s1. The maximum Gasteiger partial charge on any atom is 0.490 e. The number of carboxylic acids is 2. The Hall–Kier alpha value is -3.45. The second-order valence-electron chi connectivity index (χ2n) is 6.67. The van der Waals surface area contributed by atoms with Crippen LogP contribution < -0.4 is 17.2 Å². The van der Waals surface area contributed by atoms with Crippen molar-refractivity contribution in [2.24, 2.45) is 17.2 Å². The zero-order valence-electron chi connectivity index (χ0n) is 17.1. The van der Waals surface area contributed by atoms with Crippen LogP contribution in [0.5, 0.6) is 0 Å². The van der Waals surface area contributed by atoms with Crippen molar-refractivity contribution < 1.29 is 42.6 Å². The quantitative estimate of drug-likeness (QED) is 0.435. The Morgan fingerprint density at radius 1 is 0.939 bits per heavy atom. The van der Waals surface area contributed by atoms with E-state index in [1.54, 1.807) is 24.3 Å². The third-order valence-corrected chi connectivity index (χ3v) is 5.62. The molecule has 0 aliphatic heterocycles. The summed E-state index contributed by atoms with van der Waals surface area (Å²) in [5.41, 5.74) is 17.8. The van der Waals surface area contributed by atoms with Crippen molar-refractivity contribution in [3.63, 3.8) is 0 Å². The largest absolute Gasteiger partial charge is 0.490 e. The molecule has 0 radical (unpaired) electrons. The summed E-state index contributed by atoms with van der Waals surface area (Å²) in [5.74, 6) is -4.85. The summed E-state index contributed by atoms with van der Waals surface area (Å²) in [6.07, 6.45) is -1.18. The molecule has 3 rings (SSSR count). The lowest BCUT2D eigenvalue weighted by Gasteiger charge is -2.10. The van der Waals surface area contributed by atoms with Crippen molar-refractivity contribution in [1.29, 1.82) is 0 Å². The third-order valence-electron chi connectivity index (χ3n) is 4.31. The fourth-order valence-corrected chi connectivity index (χ4v) is 4.05. The molecule has 0 unspecified atom stereocenters. The van der Waals surface area contributed by atoms with Crippen LogP contribution in [0.15, 0.2) is 30.3 Å². The van der Waals surface area contributed by atoms with Gasteiger partial charge < -0.3 is 27.4 Å². The van der Waals surface area contributed by atoms with Gasteiger partial charge in [-0.1, -0.05) is 30.3 Å². The van der Waals surface area contributed by atoms with Gasteiger partial charge in [-0.2, -0.15) is 13.2 Å². The number of hydrogen-bond donors (Lipinski definition) is 5. The van der Waals surface area contributed by atoms with E-state index in [1.807, 2.05) is 6.07 Å². The number of nitrogens with two attached hydrogens (primary N) is 3. The van der Waals surface area contributed by atoms with Crippen molar-refractivity contribution in [3.8, 4) is 0 Å². The normalized spacial score (nSPS) is 13.2. The Balaban J connectivity index is 0.000000267. The Kier molecular flexibility index (Phi) is 10.0. The van der Waals surface area contributed by atoms with Crippen molar-refractivity contribution in [2.75, 3.05) is 0 Å². The molecule has 13 heteroatoms. The third kappa shape index (κ3) is 8.20.